The Bertz CT molecular complexity index is 594. The van der Waals surface area contributed by atoms with Gasteiger partial charge in [-0.05, 0) is 42.3 Å². The third kappa shape index (κ3) is 3.26. The molecule has 0 saturated carbocycles. The van der Waals surface area contributed by atoms with E-state index in [1.54, 1.807) is 30.3 Å². The highest BCUT2D eigenvalue weighted by atomic mass is 35.5. The molecule has 98 valence electrons. The molecule has 0 saturated heterocycles. The fourth-order valence-corrected chi connectivity index (χ4v) is 1.89. The molecule has 3 nitrogen and oxygen atoms in total. The Labute approximate surface area is 117 Å². The highest BCUT2D eigenvalue weighted by Gasteiger charge is 2.08. The highest BCUT2D eigenvalue weighted by molar-refractivity contribution is 6.34. The van der Waals surface area contributed by atoms with Gasteiger partial charge in [0.25, 0.3) is 5.91 Å². The Morgan fingerprint density at radius 1 is 1.21 bits per heavy atom. The van der Waals surface area contributed by atoms with Crippen LogP contribution in [0, 0.1) is 0 Å². The van der Waals surface area contributed by atoms with Crippen molar-refractivity contribution in [3.05, 3.63) is 58.6 Å². The molecule has 3 N–H and O–H groups in total. The second-order valence-corrected chi connectivity index (χ2v) is 4.65. The fourth-order valence-electron chi connectivity index (χ4n) is 1.72. The van der Waals surface area contributed by atoms with Gasteiger partial charge in [0.2, 0.25) is 0 Å². The van der Waals surface area contributed by atoms with Crippen LogP contribution in [0.5, 0.6) is 0 Å². The standard InChI is InChI=1S/C15H15ClN2O/c1-2-10-3-5-11(6-4-10)15(19)18-14-9-12(17)7-8-13(14)16/h3-9H,2,17H2,1H3,(H,18,19). The van der Waals surface area contributed by atoms with E-state index in [2.05, 4.69) is 12.2 Å². The van der Waals surface area contributed by atoms with Crippen molar-refractivity contribution in [2.75, 3.05) is 11.1 Å². The van der Waals surface area contributed by atoms with Gasteiger partial charge in [0.1, 0.15) is 0 Å². The zero-order valence-electron chi connectivity index (χ0n) is 10.6. The van der Waals surface area contributed by atoms with Gasteiger partial charge in [-0.25, -0.2) is 0 Å². The zero-order valence-corrected chi connectivity index (χ0v) is 11.4. The van der Waals surface area contributed by atoms with Crippen LogP contribution in [0.25, 0.3) is 0 Å². The van der Waals surface area contributed by atoms with Gasteiger partial charge in [-0.2, -0.15) is 0 Å². The number of nitrogens with two attached hydrogens (primary N) is 1. The van der Waals surface area contributed by atoms with E-state index in [0.717, 1.165) is 6.42 Å². The first-order valence-corrected chi connectivity index (χ1v) is 6.43. The minimum Gasteiger partial charge on any atom is -0.399 e. The summed E-state index contributed by atoms with van der Waals surface area (Å²) < 4.78 is 0. The number of nitrogen functional groups attached to an aromatic ring is 1. The molecule has 0 radical (unpaired) electrons. The van der Waals surface area contributed by atoms with Crippen LogP contribution in [-0.2, 0) is 6.42 Å². The summed E-state index contributed by atoms with van der Waals surface area (Å²) in [6.45, 7) is 2.07. The molecule has 0 fully saturated rings. The molecule has 2 rings (SSSR count). The lowest BCUT2D eigenvalue weighted by atomic mass is 10.1. The van der Waals surface area contributed by atoms with Crippen LogP contribution in [0.1, 0.15) is 22.8 Å². The molecule has 0 bridgehead atoms. The second kappa shape index (κ2) is 5.76. The van der Waals surface area contributed by atoms with Gasteiger partial charge < -0.3 is 11.1 Å². The van der Waals surface area contributed by atoms with Crippen molar-refractivity contribution in [1.82, 2.24) is 0 Å². The molecule has 1 amide bonds. The van der Waals surface area contributed by atoms with Crippen LogP contribution >= 0.6 is 11.6 Å². The lowest BCUT2D eigenvalue weighted by Crippen LogP contribution is -2.12. The van der Waals surface area contributed by atoms with E-state index in [9.17, 15) is 4.79 Å². The molecule has 2 aromatic rings. The summed E-state index contributed by atoms with van der Waals surface area (Å²) in [7, 11) is 0. The van der Waals surface area contributed by atoms with Crippen molar-refractivity contribution in [2.45, 2.75) is 13.3 Å². The molecule has 19 heavy (non-hydrogen) atoms. The van der Waals surface area contributed by atoms with Crippen molar-refractivity contribution in [1.29, 1.82) is 0 Å². The summed E-state index contributed by atoms with van der Waals surface area (Å²) >= 11 is 6.01. The molecule has 0 atom stereocenters. The van der Waals surface area contributed by atoms with Crippen LogP contribution < -0.4 is 11.1 Å². The first kappa shape index (κ1) is 13.4. The molecule has 0 aliphatic carbocycles. The molecule has 0 spiro atoms. The normalized spacial score (nSPS) is 10.2. The van der Waals surface area contributed by atoms with Crippen LogP contribution in [0.15, 0.2) is 42.5 Å². The van der Waals surface area contributed by atoms with Gasteiger partial charge >= 0.3 is 0 Å². The summed E-state index contributed by atoms with van der Waals surface area (Å²) in [6.07, 6.45) is 0.947. The van der Waals surface area contributed by atoms with E-state index in [-0.39, 0.29) is 5.91 Å². The first-order valence-electron chi connectivity index (χ1n) is 6.05. The summed E-state index contributed by atoms with van der Waals surface area (Å²) in [5.74, 6) is -0.199. The quantitative estimate of drug-likeness (QED) is 0.838. The summed E-state index contributed by atoms with van der Waals surface area (Å²) in [4.78, 5) is 12.1. The van der Waals surface area contributed by atoms with Gasteiger partial charge in [0, 0.05) is 11.3 Å². The van der Waals surface area contributed by atoms with E-state index in [4.69, 9.17) is 17.3 Å². The van der Waals surface area contributed by atoms with Crippen LogP contribution in [0.3, 0.4) is 0 Å². The number of aryl methyl sites for hydroxylation is 1. The van der Waals surface area contributed by atoms with Gasteiger partial charge in [-0.1, -0.05) is 30.7 Å². The number of rotatable bonds is 3. The predicted octanol–water partition coefficient (Wildman–Crippen LogP) is 3.74. The monoisotopic (exact) mass is 274 g/mol. The Balaban J connectivity index is 2.18. The SMILES string of the molecule is CCc1ccc(C(=O)Nc2cc(N)ccc2Cl)cc1. The molecule has 0 heterocycles. The maximum absolute atomic E-state index is 12.1. The summed E-state index contributed by atoms with van der Waals surface area (Å²) in [6, 6.07) is 12.5. The molecule has 0 aliphatic heterocycles. The number of halogens is 1. The lowest BCUT2D eigenvalue weighted by molar-refractivity contribution is 0.102. The summed E-state index contributed by atoms with van der Waals surface area (Å²) in [5.41, 5.74) is 8.53. The third-order valence-electron chi connectivity index (χ3n) is 2.86. The van der Waals surface area contributed by atoms with Crippen molar-refractivity contribution >= 4 is 28.9 Å². The number of benzene rings is 2. The van der Waals surface area contributed by atoms with E-state index in [0.29, 0.717) is 22.0 Å². The molecule has 4 heteroatoms. The van der Waals surface area contributed by atoms with Gasteiger partial charge in [0.05, 0.1) is 10.7 Å². The maximum atomic E-state index is 12.1. The molecular formula is C15H15ClN2O. The number of anilines is 2. The minimum atomic E-state index is -0.199. The van der Waals surface area contributed by atoms with Crippen LogP contribution in [0.2, 0.25) is 5.02 Å². The van der Waals surface area contributed by atoms with Gasteiger partial charge in [-0.3, -0.25) is 4.79 Å². The lowest BCUT2D eigenvalue weighted by Gasteiger charge is -2.08. The maximum Gasteiger partial charge on any atom is 0.255 e. The van der Waals surface area contributed by atoms with Crippen molar-refractivity contribution < 1.29 is 4.79 Å². The Kier molecular flexibility index (Phi) is 4.07. The van der Waals surface area contributed by atoms with E-state index in [1.807, 2.05) is 12.1 Å². The number of amides is 1. The second-order valence-electron chi connectivity index (χ2n) is 4.24. The number of carbonyl (C=O) groups is 1. The minimum absolute atomic E-state index is 0.199. The first-order chi connectivity index (χ1) is 9.10. The van der Waals surface area contributed by atoms with Crippen LogP contribution in [-0.4, -0.2) is 5.91 Å². The summed E-state index contributed by atoms with van der Waals surface area (Å²) in [5, 5.41) is 3.22. The Hall–Kier alpha value is -2.00. The van der Waals surface area contributed by atoms with E-state index >= 15 is 0 Å². The molecule has 0 unspecified atom stereocenters. The smallest absolute Gasteiger partial charge is 0.255 e. The Morgan fingerprint density at radius 3 is 2.53 bits per heavy atom. The van der Waals surface area contributed by atoms with Crippen molar-refractivity contribution in [2.24, 2.45) is 0 Å². The molecular weight excluding hydrogens is 260 g/mol. The van der Waals surface area contributed by atoms with Crippen molar-refractivity contribution in [3.63, 3.8) is 0 Å². The molecule has 0 aromatic heterocycles. The zero-order chi connectivity index (χ0) is 13.8. The number of nitrogens with one attached hydrogen (secondary N) is 1. The van der Waals surface area contributed by atoms with Crippen molar-refractivity contribution in [3.8, 4) is 0 Å². The molecule has 0 aliphatic rings. The highest BCUT2D eigenvalue weighted by Crippen LogP contribution is 2.24. The largest absolute Gasteiger partial charge is 0.399 e. The van der Waals surface area contributed by atoms with Crippen LogP contribution in [0.4, 0.5) is 11.4 Å². The average molecular weight is 275 g/mol. The van der Waals surface area contributed by atoms with Gasteiger partial charge in [-0.15, -0.1) is 0 Å². The number of hydrogen-bond acceptors (Lipinski definition) is 2. The van der Waals surface area contributed by atoms with E-state index < -0.39 is 0 Å². The average Bonchev–Trinajstić information content (AvgIpc) is 2.43. The Morgan fingerprint density at radius 2 is 1.89 bits per heavy atom. The van der Waals surface area contributed by atoms with Gasteiger partial charge in [0.15, 0.2) is 0 Å². The predicted molar refractivity (Wildman–Crippen MR) is 79.6 cm³/mol. The third-order valence-corrected chi connectivity index (χ3v) is 3.19. The number of carbonyl (C=O) groups excluding carboxylic acids is 1. The topological polar surface area (TPSA) is 55.1 Å². The fraction of sp³-hybridized carbons (Fsp3) is 0.133. The number of hydrogen-bond donors (Lipinski definition) is 2. The molecule has 2 aromatic carbocycles. The van der Waals surface area contributed by atoms with E-state index in [1.165, 1.54) is 5.56 Å².